The highest BCUT2D eigenvalue weighted by atomic mass is 35.5. The van der Waals surface area contributed by atoms with Gasteiger partial charge in [-0.1, -0.05) is 29.8 Å². The molecule has 0 saturated heterocycles. The van der Waals surface area contributed by atoms with Gasteiger partial charge in [0.05, 0.1) is 4.34 Å². The summed E-state index contributed by atoms with van der Waals surface area (Å²) < 4.78 is 1.91. The third-order valence-electron chi connectivity index (χ3n) is 2.67. The standard InChI is InChI=1S/C13H9ClOS2/c14-12-6-5-11(17-12)13(15)9-7-16-10-4-2-1-3-8(9)10/h1-7,13,15H. The number of benzene rings is 1. The maximum absolute atomic E-state index is 10.4. The Morgan fingerprint density at radius 3 is 2.71 bits per heavy atom. The van der Waals surface area contributed by atoms with E-state index in [0.29, 0.717) is 4.34 Å². The van der Waals surface area contributed by atoms with Gasteiger partial charge in [0.25, 0.3) is 0 Å². The Morgan fingerprint density at radius 2 is 1.94 bits per heavy atom. The van der Waals surface area contributed by atoms with E-state index >= 15 is 0 Å². The molecule has 2 heterocycles. The summed E-state index contributed by atoms with van der Waals surface area (Å²) in [5, 5.41) is 13.5. The van der Waals surface area contributed by atoms with Crippen LogP contribution in [0.5, 0.6) is 0 Å². The van der Waals surface area contributed by atoms with Crippen LogP contribution in [0.3, 0.4) is 0 Å². The molecule has 4 heteroatoms. The molecule has 2 aromatic heterocycles. The first kappa shape index (κ1) is 11.2. The van der Waals surface area contributed by atoms with Gasteiger partial charge >= 0.3 is 0 Å². The van der Waals surface area contributed by atoms with Crippen LogP contribution in [0.2, 0.25) is 4.34 Å². The second-order valence-corrected chi connectivity index (χ2v) is 6.39. The Bertz CT molecular complexity index is 656. The van der Waals surface area contributed by atoms with E-state index in [-0.39, 0.29) is 0 Å². The molecule has 1 unspecified atom stereocenters. The number of fused-ring (bicyclic) bond motifs is 1. The zero-order valence-corrected chi connectivity index (χ0v) is 11.1. The van der Waals surface area contributed by atoms with Crippen molar-refractivity contribution < 1.29 is 5.11 Å². The van der Waals surface area contributed by atoms with Crippen LogP contribution in [-0.2, 0) is 0 Å². The second kappa shape index (κ2) is 4.42. The molecule has 0 amide bonds. The molecule has 0 bridgehead atoms. The maximum atomic E-state index is 10.4. The molecular formula is C13H9ClOS2. The average molecular weight is 281 g/mol. The van der Waals surface area contributed by atoms with Gasteiger partial charge < -0.3 is 5.11 Å². The summed E-state index contributed by atoms with van der Waals surface area (Å²) in [5.41, 5.74) is 0.962. The number of aliphatic hydroxyl groups is 1. The molecule has 0 saturated carbocycles. The fourth-order valence-electron chi connectivity index (χ4n) is 1.84. The molecule has 1 N–H and O–H groups in total. The highest BCUT2D eigenvalue weighted by Crippen LogP contribution is 2.36. The monoisotopic (exact) mass is 280 g/mol. The van der Waals surface area contributed by atoms with Crippen molar-refractivity contribution in [1.82, 2.24) is 0 Å². The lowest BCUT2D eigenvalue weighted by atomic mass is 10.1. The van der Waals surface area contributed by atoms with E-state index in [0.717, 1.165) is 15.8 Å². The fourth-order valence-corrected chi connectivity index (χ4v) is 3.88. The smallest absolute Gasteiger partial charge is 0.115 e. The predicted octanol–water partition coefficient (Wildman–Crippen LogP) is 4.70. The molecule has 0 radical (unpaired) electrons. The topological polar surface area (TPSA) is 20.2 Å². The van der Waals surface area contributed by atoms with Gasteiger partial charge in [0, 0.05) is 15.1 Å². The first-order valence-electron chi connectivity index (χ1n) is 5.15. The van der Waals surface area contributed by atoms with Crippen molar-refractivity contribution in [1.29, 1.82) is 0 Å². The van der Waals surface area contributed by atoms with Gasteiger partial charge in [0.1, 0.15) is 6.10 Å². The van der Waals surface area contributed by atoms with E-state index in [1.165, 1.54) is 16.0 Å². The maximum Gasteiger partial charge on any atom is 0.115 e. The SMILES string of the molecule is OC(c1ccc(Cl)s1)c1csc2ccccc12. The lowest BCUT2D eigenvalue weighted by Crippen LogP contribution is -1.95. The minimum atomic E-state index is -0.580. The zero-order chi connectivity index (χ0) is 11.8. The third-order valence-corrected chi connectivity index (χ3v) is 4.93. The van der Waals surface area contributed by atoms with Gasteiger partial charge in [0.2, 0.25) is 0 Å². The third kappa shape index (κ3) is 2.00. The molecule has 0 aliphatic carbocycles. The zero-order valence-electron chi connectivity index (χ0n) is 8.76. The van der Waals surface area contributed by atoms with Gasteiger partial charge in [-0.3, -0.25) is 0 Å². The number of halogens is 1. The molecular weight excluding hydrogens is 272 g/mol. The first-order valence-corrected chi connectivity index (χ1v) is 7.22. The van der Waals surface area contributed by atoms with Crippen LogP contribution in [-0.4, -0.2) is 5.11 Å². The molecule has 1 atom stereocenters. The molecule has 17 heavy (non-hydrogen) atoms. The summed E-state index contributed by atoms with van der Waals surface area (Å²) in [7, 11) is 0. The van der Waals surface area contributed by atoms with Crippen LogP contribution < -0.4 is 0 Å². The Kier molecular flexibility index (Phi) is 2.92. The van der Waals surface area contributed by atoms with Crippen molar-refractivity contribution in [3.8, 4) is 0 Å². The Hall–Kier alpha value is -0.870. The fraction of sp³-hybridized carbons (Fsp3) is 0.0769. The minimum Gasteiger partial charge on any atom is -0.383 e. The number of aliphatic hydroxyl groups excluding tert-OH is 1. The molecule has 0 fully saturated rings. The van der Waals surface area contributed by atoms with Crippen LogP contribution in [0.15, 0.2) is 41.8 Å². The summed E-state index contributed by atoms with van der Waals surface area (Å²) in [4.78, 5) is 0.888. The van der Waals surface area contributed by atoms with Gasteiger partial charge in [-0.15, -0.1) is 22.7 Å². The molecule has 86 valence electrons. The molecule has 0 spiro atoms. The number of thiophene rings is 2. The molecule has 1 aromatic carbocycles. The van der Waals surface area contributed by atoms with E-state index in [1.54, 1.807) is 11.3 Å². The lowest BCUT2D eigenvalue weighted by molar-refractivity contribution is 0.226. The van der Waals surface area contributed by atoms with Crippen LogP contribution >= 0.6 is 34.3 Å². The van der Waals surface area contributed by atoms with Crippen molar-refractivity contribution in [2.24, 2.45) is 0 Å². The van der Waals surface area contributed by atoms with E-state index in [2.05, 4.69) is 6.07 Å². The van der Waals surface area contributed by atoms with Crippen molar-refractivity contribution in [3.05, 3.63) is 56.6 Å². The summed E-state index contributed by atoms with van der Waals surface area (Å²) in [5.74, 6) is 0. The van der Waals surface area contributed by atoms with Crippen LogP contribution in [0.4, 0.5) is 0 Å². The highest BCUT2D eigenvalue weighted by Gasteiger charge is 2.16. The normalized spacial score (nSPS) is 13.1. The number of rotatable bonds is 2. The van der Waals surface area contributed by atoms with Crippen molar-refractivity contribution in [2.75, 3.05) is 0 Å². The quantitative estimate of drug-likeness (QED) is 0.721. The number of hydrogen-bond donors (Lipinski definition) is 1. The van der Waals surface area contributed by atoms with E-state index in [9.17, 15) is 5.11 Å². The first-order chi connectivity index (χ1) is 8.25. The van der Waals surface area contributed by atoms with Crippen molar-refractivity contribution in [3.63, 3.8) is 0 Å². The molecule has 1 nitrogen and oxygen atoms in total. The van der Waals surface area contributed by atoms with Crippen LogP contribution in [0.25, 0.3) is 10.1 Å². The largest absolute Gasteiger partial charge is 0.383 e. The van der Waals surface area contributed by atoms with E-state index < -0.39 is 6.10 Å². The van der Waals surface area contributed by atoms with E-state index in [1.807, 2.05) is 35.7 Å². The van der Waals surface area contributed by atoms with Gasteiger partial charge in [-0.25, -0.2) is 0 Å². The van der Waals surface area contributed by atoms with Crippen LogP contribution in [0, 0.1) is 0 Å². The molecule has 3 rings (SSSR count). The predicted molar refractivity (Wildman–Crippen MR) is 75.2 cm³/mol. The molecule has 3 aromatic rings. The highest BCUT2D eigenvalue weighted by molar-refractivity contribution is 7.17. The molecule has 0 aliphatic rings. The Morgan fingerprint density at radius 1 is 1.12 bits per heavy atom. The van der Waals surface area contributed by atoms with Crippen LogP contribution in [0.1, 0.15) is 16.5 Å². The van der Waals surface area contributed by atoms with Gasteiger partial charge in [0.15, 0.2) is 0 Å². The van der Waals surface area contributed by atoms with Crippen molar-refractivity contribution in [2.45, 2.75) is 6.10 Å². The molecule has 0 aliphatic heterocycles. The Labute approximate surface area is 112 Å². The Balaban J connectivity index is 2.09. The van der Waals surface area contributed by atoms with Gasteiger partial charge in [-0.05, 0) is 29.0 Å². The summed E-state index contributed by atoms with van der Waals surface area (Å²) in [6.45, 7) is 0. The average Bonchev–Trinajstić information content (AvgIpc) is 2.94. The van der Waals surface area contributed by atoms with E-state index in [4.69, 9.17) is 11.6 Å². The second-order valence-electron chi connectivity index (χ2n) is 3.73. The number of hydrogen-bond acceptors (Lipinski definition) is 3. The summed E-state index contributed by atoms with van der Waals surface area (Å²) >= 11 is 8.97. The van der Waals surface area contributed by atoms with Crippen molar-refractivity contribution >= 4 is 44.4 Å². The van der Waals surface area contributed by atoms with Gasteiger partial charge in [-0.2, -0.15) is 0 Å². The summed E-state index contributed by atoms with van der Waals surface area (Å²) in [6, 6.07) is 11.8. The lowest BCUT2D eigenvalue weighted by Gasteiger charge is -2.07. The minimum absolute atomic E-state index is 0.580. The summed E-state index contributed by atoms with van der Waals surface area (Å²) in [6.07, 6.45) is -0.580.